The van der Waals surface area contributed by atoms with E-state index >= 15 is 0 Å². The van der Waals surface area contributed by atoms with Gasteiger partial charge in [0.05, 0.1) is 16.3 Å². The van der Waals surface area contributed by atoms with Crippen LogP contribution in [0.5, 0.6) is 5.75 Å². The van der Waals surface area contributed by atoms with Crippen molar-refractivity contribution >= 4 is 35.3 Å². The van der Waals surface area contributed by atoms with Gasteiger partial charge in [0.1, 0.15) is 11.6 Å². The molecule has 2 aromatic carbocycles. The number of ether oxygens (including phenoxy) is 1. The van der Waals surface area contributed by atoms with E-state index < -0.39 is 5.91 Å². The lowest BCUT2D eigenvalue weighted by Gasteiger charge is -2.04. The van der Waals surface area contributed by atoms with Gasteiger partial charge in [-0.2, -0.15) is 5.10 Å². The zero-order chi connectivity index (χ0) is 15.9. The number of rotatable bonds is 5. The predicted molar refractivity (Wildman–Crippen MR) is 84.1 cm³/mol. The van der Waals surface area contributed by atoms with E-state index in [1.807, 2.05) is 0 Å². The van der Waals surface area contributed by atoms with Gasteiger partial charge in [0.25, 0.3) is 5.91 Å². The molecule has 22 heavy (non-hydrogen) atoms. The monoisotopic (exact) mass is 340 g/mol. The first-order valence-electron chi connectivity index (χ1n) is 6.20. The summed E-state index contributed by atoms with van der Waals surface area (Å²) in [5.41, 5.74) is 2.87. The van der Waals surface area contributed by atoms with Crippen molar-refractivity contribution in [2.75, 3.05) is 6.61 Å². The molecule has 114 valence electrons. The highest BCUT2D eigenvalue weighted by Crippen LogP contribution is 2.24. The normalized spacial score (nSPS) is 10.7. The molecule has 0 aliphatic heterocycles. The van der Waals surface area contributed by atoms with E-state index in [1.165, 1.54) is 30.5 Å². The van der Waals surface area contributed by atoms with Crippen molar-refractivity contribution in [1.29, 1.82) is 0 Å². The molecule has 0 heterocycles. The Morgan fingerprint density at radius 2 is 1.95 bits per heavy atom. The molecule has 0 saturated carbocycles. The standard InChI is InChI=1S/C15H11Cl2FN2O2/c16-13-3-1-2-10(15(13)17)8-19-20-14(21)9-22-12-6-4-11(18)5-7-12/h1-8H,9H2,(H,20,21)/b19-8-. The molecule has 4 nitrogen and oxygen atoms in total. The number of halogens is 3. The van der Waals surface area contributed by atoms with Gasteiger partial charge in [-0.1, -0.05) is 35.3 Å². The van der Waals surface area contributed by atoms with Gasteiger partial charge < -0.3 is 4.74 Å². The van der Waals surface area contributed by atoms with Gasteiger partial charge in [-0.05, 0) is 30.3 Å². The van der Waals surface area contributed by atoms with Crippen molar-refractivity contribution < 1.29 is 13.9 Å². The number of nitrogens with zero attached hydrogens (tertiary/aromatic N) is 1. The SMILES string of the molecule is O=C(COc1ccc(F)cc1)N/N=C\c1cccc(Cl)c1Cl. The molecule has 0 spiro atoms. The van der Waals surface area contributed by atoms with Crippen LogP contribution in [-0.2, 0) is 4.79 Å². The Bertz CT molecular complexity index is 690. The van der Waals surface area contributed by atoms with Gasteiger partial charge in [0, 0.05) is 5.56 Å². The molecule has 1 amide bonds. The Balaban J connectivity index is 1.83. The summed E-state index contributed by atoms with van der Waals surface area (Å²) < 4.78 is 17.9. The van der Waals surface area contributed by atoms with Crippen LogP contribution in [0.2, 0.25) is 10.0 Å². The van der Waals surface area contributed by atoms with Crippen LogP contribution in [-0.4, -0.2) is 18.7 Å². The topological polar surface area (TPSA) is 50.7 Å². The lowest BCUT2D eigenvalue weighted by atomic mass is 10.2. The second-order valence-electron chi connectivity index (χ2n) is 4.18. The summed E-state index contributed by atoms with van der Waals surface area (Å²) in [5.74, 6) is -0.447. The van der Waals surface area contributed by atoms with Gasteiger partial charge in [0.15, 0.2) is 6.61 Å². The van der Waals surface area contributed by atoms with Gasteiger partial charge in [-0.15, -0.1) is 0 Å². The van der Waals surface area contributed by atoms with Crippen LogP contribution in [0.3, 0.4) is 0 Å². The number of hydrogen-bond donors (Lipinski definition) is 1. The highest BCUT2D eigenvalue weighted by atomic mass is 35.5. The average Bonchev–Trinajstić information content (AvgIpc) is 2.51. The van der Waals surface area contributed by atoms with Crippen LogP contribution in [0.25, 0.3) is 0 Å². The van der Waals surface area contributed by atoms with E-state index in [4.69, 9.17) is 27.9 Å². The fraction of sp³-hybridized carbons (Fsp3) is 0.0667. The molecule has 0 aliphatic rings. The number of nitrogens with one attached hydrogen (secondary N) is 1. The molecule has 0 bridgehead atoms. The third-order valence-corrected chi connectivity index (χ3v) is 3.39. The zero-order valence-electron chi connectivity index (χ0n) is 11.2. The zero-order valence-corrected chi connectivity index (χ0v) is 12.7. The summed E-state index contributed by atoms with van der Waals surface area (Å²) in [6.45, 7) is -0.244. The molecule has 7 heteroatoms. The third kappa shape index (κ3) is 4.72. The summed E-state index contributed by atoms with van der Waals surface area (Å²) in [6, 6.07) is 10.4. The second-order valence-corrected chi connectivity index (χ2v) is 4.96. The number of hydrogen-bond acceptors (Lipinski definition) is 3. The van der Waals surface area contributed by atoms with Crippen molar-refractivity contribution in [1.82, 2.24) is 5.43 Å². The Hall–Kier alpha value is -2.11. The highest BCUT2D eigenvalue weighted by Gasteiger charge is 2.03. The van der Waals surface area contributed by atoms with Crippen LogP contribution in [0.1, 0.15) is 5.56 Å². The molecule has 1 N–H and O–H groups in total. The Labute approximate surface area is 136 Å². The van der Waals surface area contributed by atoms with Gasteiger partial charge in [-0.25, -0.2) is 9.82 Å². The third-order valence-electron chi connectivity index (χ3n) is 2.56. The molecule has 0 aliphatic carbocycles. The Morgan fingerprint density at radius 3 is 2.68 bits per heavy atom. The molecule has 0 saturated heterocycles. The van der Waals surface area contributed by atoms with Crippen molar-refractivity contribution in [3.8, 4) is 5.75 Å². The van der Waals surface area contributed by atoms with E-state index in [9.17, 15) is 9.18 Å². The molecular weight excluding hydrogens is 330 g/mol. The molecule has 0 fully saturated rings. The van der Waals surface area contributed by atoms with E-state index in [0.717, 1.165) is 0 Å². The lowest BCUT2D eigenvalue weighted by Crippen LogP contribution is -2.24. The molecule has 0 atom stereocenters. The van der Waals surface area contributed by atoms with Gasteiger partial charge in [0.2, 0.25) is 0 Å². The maximum atomic E-state index is 12.7. The van der Waals surface area contributed by atoms with Gasteiger partial charge in [-0.3, -0.25) is 4.79 Å². The maximum absolute atomic E-state index is 12.7. The molecule has 0 radical (unpaired) electrons. The van der Waals surface area contributed by atoms with E-state index in [2.05, 4.69) is 10.5 Å². The fourth-order valence-electron chi connectivity index (χ4n) is 1.51. The number of hydrazone groups is 1. The maximum Gasteiger partial charge on any atom is 0.277 e. The number of carbonyl (C=O) groups excluding carboxylic acids is 1. The molecule has 0 aromatic heterocycles. The first kappa shape index (κ1) is 16.3. The largest absolute Gasteiger partial charge is 0.484 e. The predicted octanol–water partition coefficient (Wildman–Crippen LogP) is 3.66. The van der Waals surface area contributed by atoms with Crippen molar-refractivity contribution in [3.63, 3.8) is 0 Å². The van der Waals surface area contributed by atoms with Crippen molar-refractivity contribution in [3.05, 3.63) is 63.9 Å². The molecular formula is C15H11Cl2FN2O2. The minimum absolute atomic E-state index is 0.244. The number of benzene rings is 2. The lowest BCUT2D eigenvalue weighted by molar-refractivity contribution is -0.123. The fourth-order valence-corrected chi connectivity index (χ4v) is 1.86. The Kier molecular flexibility index (Phi) is 5.75. The van der Waals surface area contributed by atoms with E-state index in [1.54, 1.807) is 18.2 Å². The van der Waals surface area contributed by atoms with Gasteiger partial charge >= 0.3 is 0 Å². The van der Waals surface area contributed by atoms with Crippen molar-refractivity contribution in [2.24, 2.45) is 5.10 Å². The summed E-state index contributed by atoms with van der Waals surface area (Å²) in [5, 5.41) is 4.51. The van der Waals surface area contributed by atoms with E-state index in [0.29, 0.717) is 21.4 Å². The number of amides is 1. The summed E-state index contributed by atoms with van der Waals surface area (Å²) in [6.07, 6.45) is 1.38. The van der Waals surface area contributed by atoms with Crippen LogP contribution in [0, 0.1) is 5.82 Å². The second kappa shape index (κ2) is 7.77. The number of carbonyl (C=O) groups is 1. The van der Waals surface area contributed by atoms with Crippen LogP contribution in [0.4, 0.5) is 4.39 Å². The average molecular weight is 341 g/mol. The summed E-state index contributed by atoms with van der Waals surface area (Å²) in [4.78, 5) is 11.5. The molecule has 2 rings (SSSR count). The first-order valence-corrected chi connectivity index (χ1v) is 6.96. The minimum Gasteiger partial charge on any atom is -0.484 e. The molecule has 0 unspecified atom stereocenters. The van der Waals surface area contributed by atoms with Crippen molar-refractivity contribution in [2.45, 2.75) is 0 Å². The van der Waals surface area contributed by atoms with Crippen LogP contribution < -0.4 is 10.2 Å². The first-order chi connectivity index (χ1) is 10.6. The van der Waals surface area contributed by atoms with Crippen LogP contribution in [0.15, 0.2) is 47.6 Å². The van der Waals surface area contributed by atoms with E-state index in [-0.39, 0.29) is 12.4 Å². The molecule has 2 aromatic rings. The summed E-state index contributed by atoms with van der Waals surface area (Å²) >= 11 is 11.8. The highest BCUT2D eigenvalue weighted by molar-refractivity contribution is 6.43. The Morgan fingerprint density at radius 1 is 1.23 bits per heavy atom. The quantitative estimate of drug-likeness (QED) is 0.667. The smallest absolute Gasteiger partial charge is 0.277 e. The minimum atomic E-state index is -0.460. The van der Waals surface area contributed by atoms with Crippen LogP contribution >= 0.6 is 23.2 Å². The summed E-state index contributed by atoms with van der Waals surface area (Å²) in [7, 11) is 0.